The van der Waals surface area contributed by atoms with Crippen LogP contribution in [0.2, 0.25) is 0 Å². The van der Waals surface area contributed by atoms with Crippen molar-refractivity contribution in [3.63, 3.8) is 0 Å². The smallest absolute Gasteiger partial charge is 0.260 e. The van der Waals surface area contributed by atoms with Crippen molar-refractivity contribution >= 4 is 28.4 Å². The first-order chi connectivity index (χ1) is 16.1. The molecule has 0 bridgehead atoms. The lowest BCUT2D eigenvalue weighted by atomic mass is 10.2. The molecule has 3 heterocycles. The number of anilines is 1. The van der Waals surface area contributed by atoms with Crippen LogP contribution in [0.25, 0.3) is 28.1 Å². The lowest BCUT2D eigenvalue weighted by Gasteiger charge is -2.09. The number of aromatic nitrogens is 4. The van der Waals surface area contributed by atoms with Gasteiger partial charge in [0.05, 0.1) is 23.3 Å². The second kappa shape index (κ2) is 8.58. The summed E-state index contributed by atoms with van der Waals surface area (Å²) in [7, 11) is 0. The van der Waals surface area contributed by atoms with Gasteiger partial charge < -0.3 is 14.6 Å². The van der Waals surface area contributed by atoms with Crippen molar-refractivity contribution in [1.82, 2.24) is 18.9 Å². The van der Waals surface area contributed by atoms with Crippen LogP contribution in [-0.2, 0) is 11.3 Å². The molecule has 1 amide bonds. The molecule has 8 nitrogen and oxygen atoms in total. The molecule has 0 aliphatic carbocycles. The third kappa shape index (κ3) is 3.94. The quantitative estimate of drug-likeness (QED) is 0.435. The number of hydrogen-bond donors (Lipinski definition) is 1. The average Bonchev–Trinajstić information content (AvgIpc) is 3.15. The van der Waals surface area contributed by atoms with Crippen LogP contribution in [0.5, 0.6) is 5.75 Å². The van der Waals surface area contributed by atoms with Crippen LogP contribution in [0.4, 0.5) is 5.69 Å². The summed E-state index contributed by atoms with van der Waals surface area (Å²) in [5.74, 6) is 0.911. The van der Waals surface area contributed by atoms with Crippen LogP contribution in [-0.4, -0.2) is 31.4 Å². The van der Waals surface area contributed by atoms with Gasteiger partial charge in [0.15, 0.2) is 0 Å². The number of carbonyl (C=O) groups excluding carboxylic acids is 1. The van der Waals surface area contributed by atoms with E-state index in [1.165, 1.54) is 10.5 Å². The lowest BCUT2D eigenvalue weighted by molar-refractivity contribution is -0.116. The minimum absolute atomic E-state index is 0.00351. The minimum atomic E-state index is -0.231. The normalized spacial score (nSPS) is 11.1. The number of hydrogen-bond acceptors (Lipinski definition) is 5. The molecule has 5 aromatic rings. The lowest BCUT2D eigenvalue weighted by Crippen LogP contribution is -2.20. The van der Waals surface area contributed by atoms with Gasteiger partial charge in [0.1, 0.15) is 12.3 Å². The van der Waals surface area contributed by atoms with Crippen molar-refractivity contribution in [3.05, 3.63) is 89.5 Å². The van der Waals surface area contributed by atoms with Gasteiger partial charge in [-0.25, -0.2) is 9.38 Å². The summed E-state index contributed by atoms with van der Waals surface area (Å²) in [4.78, 5) is 34.7. The molecule has 0 unspecified atom stereocenters. The summed E-state index contributed by atoms with van der Waals surface area (Å²) in [5.41, 5.74) is 3.19. The topological polar surface area (TPSA) is 90.5 Å². The van der Waals surface area contributed by atoms with Gasteiger partial charge in [-0.1, -0.05) is 12.1 Å². The van der Waals surface area contributed by atoms with Crippen molar-refractivity contribution in [2.75, 3.05) is 11.9 Å². The molecule has 5 rings (SSSR count). The number of para-hydroxylation sites is 2. The molecule has 33 heavy (non-hydrogen) atoms. The fraction of sp³-hybridized carbons (Fsp3) is 0.120. The van der Waals surface area contributed by atoms with Gasteiger partial charge in [0.2, 0.25) is 11.7 Å². The zero-order chi connectivity index (χ0) is 22.8. The Balaban J connectivity index is 1.55. The number of nitrogens with one attached hydrogen (secondary N) is 1. The summed E-state index contributed by atoms with van der Waals surface area (Å²) in [6.07, 6.45) is 3.30. The van der Waals surface area contributed by atoms with Crippen molar-refractivity contribution in [2.24, 2.45) is 0 Å². The molecule has 0 fully saturated rings. The van der Waals surface area contributed by atoms with Gasteiger partial charge in [-0.3, -0.25) is 14.6 Å². The summed E-state index contributed by atoms with van der Waals surface area (Å²) in [6.45, 7) is 2.49. The molecule has 164 valence electrons. The third-order valence-electron chi connectivity index (χ3n) is 5.28. The number of benzene rings is 2. The Morgan fingerprint density at radius 3 is 2.45 bits per heavy atom. The van der Waals surface area contributed by atoms with E-state index in [-0.39, 0.29) is 18.0 Å². The number of rotatable bonds is 6. The Morgan fingerprint density at radius 2 is 1.73 bits per heavy atom. The highest BCUT2D eigenvalue weighted by molar-refractivity contribution is 5.92. The van der Waals surface area contributed by atoms with E-state index in [2.05, 4.69) is 10.3 Å². The van der Waals surface area contributed by atoms with E-state index >= 15 is 0 Å². The molecule has 0 spiro atoms. The first-order valence-corrected chi connectivity index (χ1v) is 10.6. The van der Waals surface area contributed by atoms with Crippen molar-refractivity contribution < 1.29 is 9.53 Å². The van der Waals surface area contributed by atoms with E-state index in [9.17, 15) is 9.59 Å². The monoisotopic (exact) mass is 439 g/mol. The van der Waals surface area contributed by atoms with Gasteiger partial charge >= 0.3 is 0 Å². The molecule has 0 saturated heterocycles. The van der Waals surface area contributed by atoms with Crippen LogP contribution in [0.15, 0.2) is 83.9 Å². The highest BCUT2D eigenvalue weighted by Crippen LogP contribution is 2.22. The highest BCUT2D eigenvalue weighted by atomic mass is 16.5. The summed E-state index contributed by atoms with van der Waals surface area (Å²) in [6, 6.07) is 19.7. The summed E-state index contributed by atoms with van der Waals surface area (Å²) >= 11 is 0. The summed E-state index contributed by atoms with van der Waals surface area (Å²) in [5, 5.41) is 2.90. The van der Waals surface area contributed by atoms with Crippen molar-refractivity contribution in [3.8, 4) is 17.0 Å². The summed E-state index contributed by atoms with van der Waals surface area (Å²) < 4.78 is 8.73. The van der Waals surface area contributed by atoms with Crippen LogP contribution >= 0.6 is 0 Å². The standard InChI is InChI=1S/C25H21N5O3/c1-2-33-19-9-7-18(8-10-19)27-23(31)16-29-21-5-3-4-6-22(21)30-24(32)15-20(28-25(29)30)17-11-13-26-14-12-17/h3-15H,2,16H2,1H3,(H,27,31). The maximum atomic E-state index is 13.0. The first kappa shape index (κ1) is 20.4. The third-order valence-corrected chi connectivity index (χ3v) is 5.28. The molecule has 0 aliphatic rings. The predicted molar refractivity (Wildman–Crippen MR) is 126 cm³/mol. The molecule has 2 aromatic carbocycles. The van der Waals surface area contributed by atoms with Crippen LogP contribution < -0.4 is 15.6 Å². The number of fused-ring (bicyclic) bond motifs is 3. The Morgan fingerprint density at radius 1 is 1.00 bits per heavy atom. The first-order valence-electron chi connectivity index (χ1n) is 10.6. The van der Waals surface area contributed by atoms with Crippen LogP contribution in [0, 0.1) is 0 Å². The number of amides is 1. The highest BCUT2D eigenvalue weighted by Gasteiger charge is 2.17. The van der Waals surface area contributed by atoms with Crippen molar-refractivity contribution in [2.45, 2.75) is 13.5 Å². The second-order valence-electron chi connectivity index (χ2n) is 7.43. The van der Waals surface area contributed by atoms with Gasteiger partial charge in [0.25, 0.3) is 5.56 Å². The van der Waals surface area contributed by atoms with Crippen LogP contribution in [0.1, 0.15) is 6.92 Å². The largest absolute Gasteiger partial charge is 0.494 e. The molecule has 0 saturated carbocycles. The molecule has 0 radical (unpaired) electrons. The van der Waals surface area contributed by atoms with E-state index in [1.54, 1.807) is 41.2 Å². The number of nitrogens with zero attached hydrogens (tertiary/aromatic N) is 4. The Bertz CT molecular complexity index is 1500. The minimum Gasteiger partial charge on any atom is -0.494 e. The van der Waals surface area contributed by atoms with Gasteiger partial charge in [-0.2, -0.15) is 0 Å². The predicted octanol–water partition coefficient (Wildman–Crippen LogP) is 3.75. The van der Waals surface area contributed by atoms with E-state index in [0.717, 1.165) is 16.8 Å². The Labute approximate surface area is 189 Å². The maximum absolute atomic E-state index is 13.0. The zero-order valence-corrected chi connectivity index (χ0v) is 17.9. The van der Waals surface area contributed by atoms with Crippen LogP contribution in [0.3, 0.4) is 0 Å². The molecule has 0 atom stereocenters. The molecule has 1 N–H and O–H groups in total. The van der Waals surface area contributed by atoms with Gasteiger partial charge in [-0.05, 0) is 55.5 Å². The van der Waals surface area contributed by atoms with Crippen molar-refractivity contribution in [1.29, 1.82) is 0 Å². The number of pyridine rings is 1. The maximum Gasteiger partial charge on any atom is 0.260 e. The fourth-order valence-electron chi connectivity index (χ4n) is 3.84. The van der Waals surface area contributed by atoms with E-state index in [1.807, 2.05) is 43.3 Å². The Hall–Kier alpha value is -4.46. The fourth-order valence-corrected chi connectivity index (χ4v) is 3.84. The van der Waals surface area contributed by atoms with Gasteiger partial charge in [0, 0.05) is 29.7 Å². The second-order valence-corrected chi connectivity index (χ2v) is 7.43. The molecule has 0 aliphatic heterocycles. The zero-order valence-electron chi connectivity index (χ0n) is 17.9. The molecule has 8 heteroatoms. The average molecular weight is 439 g/mol. The van der Waals surface area contributed by atoms with E-state index in [0.29, 0.717) is 29.3 Å². The number of carbonyl (C=O) groups is 1. The molecular weight excluding hydrogens is 418 g/mol. The number of ether oxygens (including phenoxy) is 1. The molecule has 3 aromatic heterocycles. The SMILES string of the molecule is CCOc1ccc(NC(=O)Cn2c3ccccc3n3c(=O)cc(-c4ccncc4)nc23)cc1. The van der Waals surface area contributed by atoms with E-state index < -0.39 is 0 Å². The van der Waals surface area contributed by atoms with E-state index in [4.69, 9.17) is 9.72 Å². The molecular formula is C25H21N5O3. The number of imidazole rings is 1. The Kier molecular flexibility index (Phi) is 5.32. The van der Waals surface area contributed by atoms with Gasteiger partial charge in [-0.15, -0.1) is 0 Å².